The van der Waals surface area contributed by atoms with Crippen LogP contribution in [-0.2, 0) is 4.79 Å². The van der Waals surface area contributed by atoms with Crippen molar-refractivity contribution in [3.8, 4) is 6.07 Å². The third-order valence-corrected chi connectivity index (χ3v) is 1.53. The van der Waals surface area contributed by atoms with Gasteiger partial charge in [0.25, 0.3) is 0 Å². The number of ketones is 1. The molecule has 0 amide bonds. The Balaban J connectivity index is 4.64. The fourth-order valence-electron chi connectivity index (χ4n) is 0.601. The van der Waals surface area contributed by atoms with Gasteiger partial charge in [-0.25, -0.2) is 0 Å². The van der Waals surface area contributed by atoms with E-state index in [0.717, 1.165) is 0 Å². The van der Waals surface area contributed by atoms with Crippen LogP contribution < -0.4 is 0 Å². The van der Waals surface area contributed by atoms with E-state index in [2.05, 4.69) is 0 Å². The normalized spacial score (nSPS) is 12.3. The summed E-state index contributed by atoms with van der Waals surface area (Å²) in [4.78, 5) is 10.7. The number of hydrogen-bond acceptors (Lipinski definition) is 2. The van der Waals surface area contributed by atoms with E-state index in [4.69, 9.17) is 5.26 Å². The molecule has 0 rings (SSSR count). The van der Waals surface area contributed by atoms with Crippen LogP contribution in [0.3, 0.4) is 0 Å². The molecule has 0 fully saturated rings. The van der Waals surface area contributed by atoms with Crippen molar-refractivity contribution in [2.45, 2.75) is 33.1 Å². The summed E-state index contributed by atoms with van der Waals surface area (Å²) >= 11 is 0. The fraction of sp³-hybridized carbons (Fsp3) is 0.750. The first kappa shape index (κ1) is 11.0. The molecule has 0 N–H and O–H groups in total. The molecular formula is C8H11F2NO. The monoisotopic (exact) mass is 175 g/mol. The standard InChI is InChI=1S/C8H11F2NO/c1-7(2,3)8(9,10)6(12)4-5-11/h4H2,1-3H3. The van der Waals surface area contributed by atoms with Gasteiger partial charge in [0.1, 0.15) is 6.42 Å². The maximum Gasteiger partial charge on any atom is 0.310 e. The molecule has 0 aliphatic heterocycles. The quantitative estimate of drug-likeness (QED) is 0.645. The Kier molecular flexibility index (Phi) is 2.92. The highest BCUT2D eigenvalue weighted by Gasteiger charge is 2.49. The van der Waals surface area contributed by atoms with Crippen molar-refractivity contribution in [1.82, 2.24) is 0 Å². The lowest BCUT2D eigenvalue weighted by Gasteiger charge is -2.27. The number of nitriles is 1. The molecule has 0 aromatic carbocycles. The second-order valence-corrected chi connectivity index (χ2v) is 3.58. The molecule has 4 heteroatoms. The highest BCUT2D eigenvalue weighted by Crippen LogP contribution is 2.36. The Bertz CT molecular complexity index is 222. The van der Waals surface area contributed by atoms with Crippen LogP contribution >= 0.6 is 0 Å². The Hall–Kier alpha value is -0.980. The predicted molar refractivity (Wildman–Crippen MR) is 39.6 cm³/mol. The highest BCUT2D eigenvalue weighted by molar-refractivity contribution is 5.88. The van der Waals surface area contributed by atoms with Gasteiger partial charge in [0.05, 0.1) is 6.07 Å². The van der Waals surface area contributed by atoms with E-state index in [1.165, 1.54) is 26.8 Å². The van der Waals surface area contributed by atoms with Gasteiger partial charge in [0.15, 0.2) is 0 Å². The van der Waals surface area contributed by atoms with Crippen molar-refractivity contribution < 1.29 is 13.6 Å². The summed E-state index contributed by atoms with van der Waals surface area (Å²) in [6.07, 6.45) is -0.732. The minimum atomic E-state index is -3.41. The molecule has 0 saturated carbocycles. The predicted octanol–water partition coefficient (Wildman–Crippen LogP) is 2.15. The second-order valence-electron chi connectivity index (χ2n) is 3.58. The summed E-state index contributed by atoms with van der Waals surface area (Å²) in [6, 6.07) is 1.42. The summed E-state index contributed by atoms with van der Waals surface area (Å²) in [6.45, 7) is 3.80. The van der Waals surface area contributed by atoms with Crippen molar-refractivity contribution >= 4 is 5.78 Å². The molecule has 0 aromatic heterocycles. The van der Waals surface area contributed by atoms with Crippen LogP contribution in [0.4, 0.5) is 8.78 Å². The van der Waals surface area contributed by atoms with Gasteiger partial charge in [-0.3, -0.25) is 4.79 Å². The smallest absolute Gasteiger partial charge is 0.292 e. The Labute approximate surface area is 70.2 Å². The molecule has 0 atom stereocenters. The minimum Gasteiger partial charge on any atom is -0.292 e. The molecule has 0 bridgehead atoms. The van der Waals surface area contributed by atoms with Crippen molar-refractivity contribution in [3.05, 3.63) is 0 Å². The lowest BCUT2D eigenvalue weighted by molar-refractivity contribution is -0.158. The number of carbonyl (C=O) groups excluding carboxylic acids is 1. The lowest BCUT2D eigenvalue weighted by Crippen LogP contribution is -2.41. The van der Waals surface area contributed by atoms with E-state index in [9.17, 15) is 13.6 Å². The first-order valence-electron chi connectivity index (χ1n) is 3.51. The van der Waals surface area contributed by atoms with E-state index in [-0.39, 0.29) is 0 Å². The Morgan fingerprint density at radius 2 is 1.83 bits per heavy atom. The minimum absolute atomic E-state index is 0.732. The average Bonchev–Trinajstić information content (AvgIpc) is 1.85. The van der Waals surface area contributed by atoms with Crippen LogP contribution in [0.15, 0.2) is 0 Å². The number of carbonyl (C=O) groups is 1. The van der Waals surface area contributed by atoms with Crippen LogP contribution in [0.2, 0.25) is 0 Å². The topological polar surface area (TPSA) is 40.9 Å². The molecule has 0 heterocycles. The fourth-order valence-corrected chi connectivity index (χ4v) is 0.601. The van der Waals surface area contributed by atoms with Gasteiger partial charge in [-0.05, 0) is 0 Å². The number of Topliss-reactive ketones (excluding diaryl/α,β-unsaturated/α-hetero) is 1. The SMILES string of the molecule is CC(C)(C)C(F)(F)C(=O)CC#N. The number of halogens is 2. The van der Waals surface area contributed by atoms with Gasteiger partial charge in [0, 0.05) is 5.41 Å². The van der Waals surface area contributed by atoms with E-state index < -0.39 is 23.5 Å². The zero-order valence-corrected chi connectivity index (χ0v) is 7.32. The van der Waals surface area contributed by atoms with Gasteiger partial charge in [-0.2, -0.15) is 14.0 Å². The molecule has 0 aliphatic rings. The summed E-state index contributed by atoms with van der Waals surface area (Å²) < 4.78 is 26.0. The summed E-state index contributed by atoms with van der Waals surface area (Å²) in [7, 11) is 0. The number of alkyl halides is 2. The molecule has 0 spiro atoms. The largest absolute Gasteiger partial charge is 0.310 e. The molecule has 0 aliphatic carbocycles. The van der Waals surface area contributed by atoms with E-state index in [0.29, 0.717) is 0 Å². The average molecular weight is 175 g/mol. The van der Waals surface area contributed by atoms with Gasteiger partial charge >= 0.3 is 5.92 Å². The van der Waals surface area contributed by atoms with E-state index in [1.54, 1.807) is 0 Å². The van der Waals surface area contributed by atoms with Crippen LogP contribution in [0.5, 0.6) is 0 Å². The molecule has 0 aromatic rings. The number of rotatable bonds is 2. The number of hydrogen-bond donors (Lipinski definition) is 0. The van der Waals surface area contributed by atoms with Crippen LogP contribution in [0.1, 0.15) is 27.2 Å². The lowest BCUT2D eigenvalue weighted by atomic mass is 9.85. The van der Waals surface area contributed by atoms with Gasteiger partial charge in [0.2, 0.25) is 5.78 Å². The molecule has 0 unspecified atom stereocenters. The van der Waals surface area contributed by atoms with Gasteiger partial charge < -0.3 is 0 Å². The Morgan fingerprint density at radius 3 is 2.08 bits per heavy atom. The Morgan fingerprint density at radius 1 is 1.42 bits per heavy atom. The first-order valence-corrected chi connectivity index (χ1v) is 3.51. The zero-order valence-electron chi connectivity index (χ0n) is 7.32. The zero-order chi connectivity index (χ0) is 9.99. The van der Waals surface area contributed by atoms with E-state index >= 15 is 0 Å². The van der Waals surface area contributed by atoms with Crippen LogP contribution in [0.25, 0.3) is 0 Å². The van der Waals surface area contributed by atoms with Crippen molar-refractivity contribution in [3.63, 3.8) is 0 Å². The maximum absolute atomic E-state index is 13.0. The first-order chi connectivity index (χ1) is 5.23. The van der Waals surface area contributed by atoms with Crippen LogP contribution in [0, 0.1) is 16.7 Å². The molecule has 2 nitrogen and oxygen atoms in total. The van der Waals surface area contributed by atoms with E-state index in [1.807, 2.05) is 0 Å². The van der Waals surface area contributed by atoms with Crippen molar-refractivity contribution in [2.24, 2.45) is 5.41 Å². The molecule has 0 saturated heterocycles. The molecule has 0 radical (unpaired) electrons. The molecule has 68 valence electrons. The second kappa shape index (κ2) is 3.18. The van der Waals surface area contributed by atoms with Gasteiger partial charge in [-0.1, -0.05) is 20.8 Å². The summed E-state index contributed by atoms with van der Waals surface area (Å²) in [5.74, 6) is -4.72. The third-order valence-electron chi connectivity index (χ3n) is 1.53. The summed E-state index contributed by atoms with van der Waals surface area (Å²) in [5, 5.41) is 8.06. The third kappa shape index (κ3) is 2.00. The molecular weight excluding hydrogens is 164 g/mol. The van der Waals surface area contributed by atoms with Crippen LogP contribution in [-0.4, -0.2) is 11.7 Å². The number of nitrogens with zero attached hydrogens (tertiary/aromatic N) is 1. The van der Waals surface area contributed by atoms with Crippen molar-refractivity contribution in [2.75, 3.05) is 0 Å². The van der Waals surface area contributed by atoms with Gasteiger partial charge in [-0.15, -0.1) is 0 Å². The highest BCUT2D eigenvalue weighted by atomic mass is 19.3. The summed E-state index contributed by atoms with van der Waals surface area (Å²) in [5.41, 5.74) is -1.42. The molecule has 12 heavy (non-hydrogen) atoms. The van der Waals surface area contributed by atoms with Crippen molar-refractivity contribution in [1.29, 1.82) is 5.26 Å². The maximum atomic E-state index is 13.0.